The molecule has 0 radical (unpaired) electrons. The number of rotatable bonds is 3. The van der Waals surface area contributed by atoms with Crippen molar-refractivity contribution < 1.29 is 4.79 Å². The Kier molecular flexibility index (Phi) is 3.10. The summed E-state index contributed by atoms with van der Waals surface area (Å²) in [5.41, 5.74) is 0. The maximum Gasteiger partial charge on any atom is 0.160 e. The van der Waals surface area contributed by atoms with Crippen molar-refractivity contribution in [2.24, 2.45) is 0 Å². The van der Waals surface area contributed by atoms with E-state index >= 15 is 0 Å². The molecule has 15 heavy (non-hydrogen) atoms. The van der Waals surface area contributed by atoms with Crippen LogP contribution >= 0.6 is 11.3 Å². The lowest BCUT2D eigenvalue weighted by Crippen LogP contribution is -2.33. The number of carbonyl (C=O) groups excluding carboxylic acids is 1. The summed E-state index contributed by atoms with van der Waals surface area (Å²) >= 11 is 1.61. The van der Waals surface area contributed by atoms with Crippen molar-refractivity contribution >= 4 is 22.6 Å². The van der Waals surface area contributed by atoms with Gasteiger partial charge in [0.2, 0.25) is 0 Å². The number of hydrogen-bond donors (Lipinski definition) is 0. The molecule has 0 N–H and O–H groups in total. The van der Waals surface area contributed by atoms with Crippen LogP contribution in [-0.4, -0.2) is 18.4 Å². The van der Waals surface area contributed by atoms with Gasteiger partial charge < -0.3 is 4.90 Å². The molecule has 2 rings (SSSR count). The van der Waals surface area contributed by atoms with Gasteiger partial charge in [-0.2, -0.15) is 0 Å². The van der Waals surface area contributed by atoms with Gasteiger partial charge in [-0.15, -0.1) is 11.3 Å². The van der Waals surface area contributed by atoms with Gasteiger partial charge in [0.15, 0.2) is 6.29 Å². The van der Waals surface area contributed by atoms with Gasteiger partial charge >= 0.3 is 0 Å². The molecule has 82 valence electrons. The van der Waals surface area contributed by atoms with Crippen LogP contribution in [0.15, 0.2) is 12.1 Å². The SMILES string of the molecule is CCC1CCC(C)N1c1ccc(C=O)s1. The topological polar surface area (TPSA) is 20.3 Å². The summed E-state index contributed by atoms with van der Waals surface area (Å²) in [6, 6.07) is 5.29. The van der Waals surface area contributed by atoms with E-state index in [9.17, 15) is 4.79 Å². The number of carbonyl (C=O) groups is 1. The summed E-state index contributed by atoms with van der Waals surface area (Å²) < 4.78 is 0. The molecule has 1 aromatic heterocycles. The zero-order chi connectivity index (χ0) is 10.8. The molecule has 2 nitrogen and oxygen atoms in total. The predicted molar refractivity (Wildman–Crippen MR) is 65.0 cm³/mol. The monoisotopic (exact) mass is 223 g/mol. The second kappa shape index (κ2) is 4.35. The Morgan fingerprint density at radius 1 is 1.53 bits per heavy atom. The van der Waals surface area contributed by atoms with Crippen molar-refractivity contribution in [1.29, 1.82) is 0 Å². The summed E-state index contributed by atoms with van der Waals surface area (Å²) in [4.78, 5) is 14.0. The lowest BCUT2D eigenvalue weighted by Gasteiger charge is -2.28. The molecule has 0 aromatic carbocycles. The molecule has 1 fully saturated rings. The van der Waals surface area contributed by atoms with E-state index in [1.165, 1.54) is 24.3 Å². The van der Waals surface area contributed by atoms with Gasteiger partial charge in [0.05, 0.1) is 9.88 Å². The van der Waals surface area contributed by atoms with E-state index in [2.05, 4.69) is 24.8 Å². The summed E-state index contributed by atoms with van der Waals surface area (Å²) in [5.74, 6) is 0. The number of aldehydes is 1. The Morgan fingerprint density at radius 3 is 2.93 bits per heavy atom. The van der Waals surface area contributed by atoms with Crippen molar-refractivity contribution in [3.63, 3.8) is 0 Å². The van der Waals surface area contributed by atoms with Gasteiger partial charge in [-0.25, -0.2) is 0 Å². The Balaban J connectivity index is 2.23. The fourth-order valence-electron chi connectivity index (χ4n) is 2.41. The van der Waals surface area contributed by atoms with Gasteiger partial charge in [0.1, 0.15) is 0 Å². The third kappa shape index (κ3) is 1.93. The van der Waals surface area contributed by atoms with Crippen molar-refractivity contribution in [1.82, 2.24) is 0 Å². The second-order valence-corrected chi connectivity index (χ2v) is 5.28. The first-order chi connectivity index (χ1) is 7.26. The molecule has 0 aliphatic carbocycles. The molecule has 2 atom stereocenters. The van der Waals surface area contributed by atoms with Crippen LogP contribution in [0.3, 0.4) is 0 Å². The average Bonchev–Trinajstić information content (AvgIpc) is 2.83. The van der Waals surface area contributed by atoms with E-state index in [-0.39, 0.29) is 0 Å². The van der Waals surface area contributed by atoms with Crippen LogP contribution in [0.1, 0.15) is 42.8 Å². The zero-order valence-corrected chi connectivity index (χ0v) is 10.1. The summed E-state index contributed by atoms with van der Waals surface area (Å²) in [7, 11) is 0. The maximum absolute atomic E-state index is 10.7. The van der Waals surface area contributed by atoms with Crippen molar-refractivity contribution in [3.05, 3.63) is 17.0 Å². The normalized spacial score (nSPS) is 25.9. The highest BCUT2D eigenvalue weighted by molar-refractivity contribution is 7.17. The van der Waals surface area contributed by atoms with Crippen LogP contribution < -0.4 is 4.90 Å². The number of hydrogen-bond acceptors (Lipinski definition) is 3. The average molecular weight is 223 g/mol. The molecule has 1 aliphatic heterocycles. The predicted octanol–water partition coefficient (Wildman–Crippen LogP) is 3.33. The molecular formula is C12H17NOS. The van der Waals surface area contributed by atoms with E-state index in [0.29, 0.717) is 12.1 Å². The maximum atomic E-state index is 10.7. The molecule has 1 aliphatic rings. The van der Waals surface area contributed by atoms with Gasteiger partial charge in [0, 0.05) is 12.1 Å². The number of thiophene rings is 1. The molecule has 1 saturated heterocycles. The van der Waals surface area contributed by atoms with Crippen LogP contribution in [0.25, 0.3) is 0 Å². The van der Waals surface area contributed by atoms with E-state index < -0.39 is 0 Å². The lowest BCUT2D eigenvalue weighted by molar-refractivity contribution is 0.112. The highest BCUT2D eigenvalue weighted by Gasteiger charge is 2.30. The zero-order valence-electron chi connectivity index (χ0n) is 9.27. The molecular weight excluding hydrogens is 206 g/mol. The smallest absolute Gasteiger partial charge is 0.160 e. The first-order valence-corrected chi connectivity index (χ1v) is 6.41. The minimum Gasteiger partial charge on any atom is -0.358 e. The molecule has 0 saturated carbocycles. The second-order valence-electron chi connectivity index (χ2n) is 4.19. The Morgan fingerprint density at radius 2 is 2.33 bits per heavy atom. The van der Waals surface area contributed by atoms with Crippen molar-refractivity contribution in [2.45, 2.75) is 45.2 Å². The molecule has 0 bridgehead atoms. The number of anilines is 1. The largest absolute Gasteiger partial charge is 0.358 e. The van der Waals surface area contributed by atoms with Crippen molar-refractivity contribution in [3.8, 4) is 0 Å². The first kappa shape index (κ1) is 10.7. The molecule has 2 heterocycles. The molecule has 0 spiro atoms. The molecule has 2 unspecified atom stereocenters. The summed E-state index contributed by atoms with van der Waals surface area (Å²) in [6.45, 7) is 4.51. The molecule has 0 amide bonds. The van der Waals surface area contributed by atoms with Crippen LogP contribution in [0.2, 0.25) is 0 Å². The summed E-state index contributed by atoms with van der Waals surface area (Å²) in [6.07, 6.45) is 4.69. The third-order valence-corrected chi connectivity index (χ3v) is 4.26. The van der Waals surface area contributed by atoms with Crippen LogP contribution in [0.5, 0.6) is 0 Å². The van der Waals surface area contributed by atoms with E-state index in [0.717, 1.165) is 11.2 Å². The Labute approximate surface area is 94.9 Å². The standard InChI is InChI=1S/C12H17NOS/c1-3-10-5-4-9(2)13(10)12-7-6-11(8-14)15-12/h6-10H,3-5H2,1-2H3. The molecule has 3 heteroatoms. The minimum atomic E-state index is 0.619. The highest BCUT2D eigenvalue weighted by Crippen LogP contribution is 2.35. The summed E-state index contributed by atoms with van der Waals surface area (Å²) in [5, 5.41) is 1.26. The van der Waals surface area contributed by atoms with E-state index in [1.54, 1.807) is 11.3 Å². The van der Waals surface area contributed by atoms with E-state index in [4.69, 9.17) is 0 Å². The fourth-order valence-corrected chi connectivity index (χ4v) is 3.41. The van der Waals surface area contributed by atoms with Crippen LogP contribution in [-0.2, 0) is 0 Å². The molecule has 1 aromatic rings. The van der Waals surface area contributed by atoms with Gasteiger partial charge in [-0.05, 0) is 38.3 Å². The third-order valence-electron chi connectivity index (χ3n) is 3.24. The Bertz CT molecular complexity index is 347. The van der Waals surface area contributed by atoms with Gasteiger partial charge in [0.25, 0.3) is 0 Å². The van der Waals surface area contributed by atoms with E-state index in [1.807, 2.05) is 6.07 Å². The van der Waals surface area contributed by atoms with Gasteiger partial charge in [-0.3, -0.25) is 4.79 Å². The Hall–Kier alpha value is -0.830. The quantitative estimate of drug-likeness (QED) is 0.733. The van der Waals surface area contributed by atoms with Gasteiger partial charge in [-0.1, -0.05) is 6.92 Å². The number of nitrogens with zero attached hydrogens (tertiary/aromatic N) is 1. The minimum absolute atomic E-state index is 0.619. The first-order valence-electron chi connectivity index (χ1n) is 5.59. The fraction of sp³-hybridized carbons (Fsp3) is 0.583. The van der Waals surface area contributed by atoms with Crippen LogP contribution in [0.4, 0.5) is 5.00 Å². The lowest BCUT2D eigenvalue weighted by atomic mass is 10.2. The van der Waals surface area contributed by atoms with Crippen LogP contribution in [0, 0.1) is 0 Å². The highest BCUT2D eigenvalue weighted by atomic mass is 32.1. The van der Waals surface area contributed by atoms with Crippen molar-refractivity contribution in [2.75, 3.05) is 4.90 Å².